The summed E-state index contributed by atoms with van der Waals surface area (Å²) in [7, 11) is 0. The van der Waals surface area contributed by atoms with E-state index in [2.05, 4.69) is 10.3 Å². The average molecular weight is 473 g/mol. The minimum atomic E-state index is -0.975. The Hall–Kier alpha value is -4.17. The number of amides is 1. The Kier molecular flexibility index (Phi) is 5.97. The van der Waals surface area contributed by atoms with Crippen molar-refractivity contribution >= 4 is 50.9 Å². The number of benzene rings is 2. The summed E-state index contributed by atoms with van der Waals surface area (Å²) in [5, 5.41) is 6.28. The summed E-state index contributed by atoms with van der Waals surface area (Å²) in [6, 6.07) is 19.0. The SMILES string of the molecule is O=C(COC(=O)[C@H](Cc1c[nH]c2ccccc12)NC(=O)c1cccs1)c1cc2ccccc2o1. The van der Waals surface area contributed by atoms with Crippen molar-refractivity contribution in [2.45, 2.75) is 12.5 Å². The minimum Gasteiger partial charge on any atom is -0.456 e. The quantitative estimate of drug-likeness (QED) is 0.251. The third kappa shape index (κ3) is 4.49. The highest BCUT2D eigenvalue weighted by Gasteiger charge is 2.26. The van der Waals surface area contributed by atoms with Crippen molar-refractivity contribution in [3.8, 4) is 0 Å². The highest BCUT2D eigenvalue weighted by Crippen LogP contribution is 2.21. The molecule has 0 spiro atoms. The Morgan fingerprint density at radius 2 is 1.85 bits per heavy atom. The number of aromatic nitrogens is 1. The second-order valence-electron chi connectivity index (χ2n) is 7.75. The molecule has 0 radical (unpaired) electrons. The van der Waals surface area contributed by atoms with Gasteiger partial charge in [0.15, 0.2) is 12.4 Å². The number of esters is 1. The van der Waals surface area contributed by atoms with Crippen molar-refractivity contribution < 1.29 is 23.5 Å². The van der Waals surface area contributed by atoms with E-state index in [-0.39, 0.29) is 18.1 Å². The predicted molar refractivity (Wildman–Crippen MR) is 129 cm³/mol. The lowest BCUT2D eigenvalue weighted by atomic mass is 10.0. The lowest BCUT2D eigenvalue weighted by Crippen LogP contribution is -2.43. The van der Waals surface area contributed by atoms with Crippen LogP contribution in [-0.4, -0.2) is 35.3 Å². The maximum Gasteiger partial charge on any atom is 0.329 e. The van der Waals surface area contributed by atoms with E-state index in [1.807, 2.05) is 48.7 Å². The van der Waals surface area contributed by atoms with Crippen LogP contribution in [0.3, 0.4) is 0 Å². The monoisotopic (exact) mass is 472 g/mol. The predicted octanol–water partition coefficient (Wildman–Crippen LogP) is 4.74. The number of aromatic amines is 1. The largest absolute Gasteiger partial charge is 0.456 e. The normalized spacial score (nSPS) is 12.0. The van der Waals surface area contributed by atoms with Crippen molar-refractivity contribution in [2.75, 3.05) is 6.61 Å². The molecule has 0 aliphatic heterocycles. The molecule has 170 valence electrons. The number of carbonyl (C=O) groups excluding carboxylic acids is 3. The lowest BCUT2D eigenvalue weighted by molar-refractivity contribution is -0.144. The van der Waals surface area contributed by atoms with Gasteiger partial charge in [-0.05, 0) is 35.2 Å². The summed E-state index contributed by atoms with van der Waals surface area (Å²) in [6.07, 6.45) is 2.01. The topological polar surface area (TPSA) is 101 Å². The van der Waals surface area contributed by atoms with Crippen LogP contribution in [0.15, 0.2) is 82.7 Å². The Balaban J connectivity index is 1.32. The Morgan fingerprint density at radius 3 is 2.68 bits per heavy atom. The van der Waals surface area contributed by atoms with Gasteiger partial charge in [0.25, 0.3) is 5.91 Å². The van der Waals surface area contributed by atoms with E-state index in [1.54, 1.807) is 29.6 Å². The van der Waals surface area contributed by atoms with Gasteiger partial charge in [-0.25, -0.2) is 4.79 Å². The van der Waals surface area contributed by atoms with Crippen molar-refractivity contribution in [1.82, 2.24) is 10.3 Å². The number of Topliss-reactive ketones (excluding diaryl/α,β-unsaturated/α-hetero) is 1. The fourth-order valence-electron chi connectivity index (χ4n) is 3.78. The van der Waals surface area contributed by atoms with Crippen LogP contribution < -0.4 is 5.32 Å². The van der Waals surface area contributed by atoms with Gasteiger partial charge in [-0.2, -0.15) is 0 Å². The fourth-order valence-corrected chi connectivity index (χ4v) is 4.41. The summed E-state index contributed by atoms with van der Waals surface area (Å²) in [4.78, 5) is 41.9. The summed E-state index contributed by atoms with van der Waals surface area (Å²) in [6.45, 7) is -0.488. The molecule has 0 aliphatic rings. The number of thiophene rings is 1. The third-order valence-corrected chi connectivity index (χ3v) is 6.35. The molecule has 7 nitrogen and oxygen atoms in total. The molecule has 3 heterocycles. The van der Waals surface area contributed by atoms with E-state index in [0.717, 1.165) is 21.9 Å². The van der Waals surface area contributed by atoms with Crippen LogP contribution in [0, 0.1) is 0 Å². The van der Waals surface area contributed by atoms with Crippen LogP contribution in [0.4, 0.5) is 0 Å². The van der Waals surface area contributed by atoms with Gasteiger partial charge in [0.1, 0.15) is 11.6 Å². The zero-order valence-corrected chi connectivity index (χ0v) is 18.8. The van der Waals surface area contributed by atoms with E-state index in [4.69, 9.17) is 9.15 Å². The second kappa shape index (κ2) is 9.36. The van der Waals surface area contributed by atoms with Gasteiger partial charge in [-0.1, -0.05) is 42.5 Å². The van der Waals surface area contributed by atoms with E-state index >= 15 is 0 Å². The maximum absolute atomic E-state index is 13.0. The van der Waals surface area contributed by atoms with Crippen molar-refractivity contribution in [3.05, 3.63) is 94.5 Å². The number of H-pyrrole nitrogens is 1. The number of ketones is 1. The van der Waals surface area contributed by atoms with Gasteiger partial charge in [0.05, 0.1) is 4.88 Å². The van der Waals surface area contributed by atoms with Crippen molar-refractivity contribution in [3.63, 3.8) is 0 Å². The maximum atomic E-state index is 13.0. The molecule has 5 aromatic rings. The first-order valence-corrected chi connectivity index (χ1v) is 11.5. The van der Waals surface area contributed by atoms with Crippen LogP contribution >= 0.6 is 11.3 Å². The van der Waals surface area contributed by atoms with Gasteiger partial charge >= 0.3 is 5.97 Å². The molecule has 0 fully saturated rings. The molecular weight excluding hydrogens is 452 g/mol. The molecule has 2 N–H and O–H groups in total. The van der Waals surface area contributed by atoms with E-state index in [1.165, 1.54) is 11.3 Å². The van der Waals surface area contributed by atoms with Crippen molar-refractivity contribution in [2.24, 2.45) is 0 Å². The van der Waals surface area contributed by atoms with Crippen LogP contribution in [0.1, 0.15) is 25.8 Å². The molecule has 0 saturated carbocycles. The number of carbonyl (C=O) groups is 3. The standard InChI is InChI=1S/C26H20N2O5S/c29-21(23-13-16-6-1-4-9-22(16)33-23)15-32-26(31)20(28-25(30)24-10-5-11-34-24)12-17-14-27-19-8-3-2-7-18(17)19/h1-11,13-14,20,27H,12,15H2,(H,28,30)/t20-/m0/s1. The molecular formula is C26H20N2O5S. The second-order valence-corrected chi connectivity index (χ2v) is 8.69. The van der Waals surface area contributed by atoms with Gasteiger partial charge in [-0.15, -0.1) is 11.3 Å². The number of para-hydroxylation sites is 2. The Morgan fingerprint density at radius 1 is 1.03 bits per heavy atom. The zero-order chi connectivity index (χ0) is 23.5. The zero-order valence-electron chi connectivity index (χ0n) is 17.9. The fraction of sp³-hybridized carbons (Fsp3) is 0.115. The van der Waals surface area contributed by atoms with E-state index in [9.17, 15) is 14.4 Å². The first-order valence-electron chi connectivity index (χ1n) is 10.7. The molecule has 3 aromatic heterocycles. The minimum absolute atomic E-state index is 0.116. The molecule has 0 aliphatic carbocycles. The molecule has 5 rings (SSSR count). The Bertz CT molecular complexity index is 1450. The summed E-state index contributed by atoms with van der Waals surface area (Å²) in [5.74, 6) is -1.41. The van der Waals surface area contributed by atoms with Gasteiger partial charge in [0, 0.05) is 28.9 Å². The van der Waals surface area contributed by atoms with Gasteiger partial charge in [0.2, 0.25) is 5.78 Å². The Labute approximate surface area is 198 Å². The van der Waals surface area contributed by atoms with E-state index in [0.29, 0.717) is 10.5 Å². The highest BCUT2D eigenvalue weighted by molar-refractivity contribution is 7.12. The number of nitrogens with one attached hydrogen (secondary N) is 2. The smallest absolute Gasteiger partial charge is 0.329 e. The van der Waals surface area contributed by atoms with E-state index < -0.39 is 24.4 Å². The molecule has 34 heavy (non-hydrogen) atoms. The molecule has 1 amide bonds. The lowest BCUT2D eigenvalue weighted by Gasteiger charge is -2.17. The molecule has 1 atom stereocenters. The molecule has 8 heteroatoms. The molecule has 0 bridgehead atoms. The average Bonchev–Trinajstić information content (AvgIpc) is 3.61. The first kappa shape index (κ1) is 21.7. The van der Waals surface area contributed by atoms with Crippen LogP contribution in [0.2, 0.25) is 0 Å². The summed E-state index contributed by atoms with van der Waals surface area (Å²) >= 11 is 1.28. The number of hydrogen-bond donors (Lipinski definition) is 2. The number of furan rings is 1. The number of hydrogen-bond acceptors (Lipinski definition) is 6. The summed E-state index contributed by atoms with van der Waals surface area (Å²) < 4.78 is 10.9. The number of fused-ring (bicyclic) bond motifs is 2. The van der Waals surface area contributed by atoms with Crippen LogP contribution in [0.25, 0.3) is 21.9 Å². The van der Waals surface area contributed by atoms with Crippen LogP contribution in [0.5, 0.6) is 0 Å². The van der Waals surface area contributed by atoms with Crippen LogP contribution in [-0.2, 0) is 16.0 Å². The highest BCUT2D eigenvalue weighted by atomic mass is 32.1. The third-order valence-electron chi connectivity index (χ3n) is 5.48. The van der Waals surface area contributed by atoms with Gasteiger partial charge < -0.3 is 19.5 Å². The van der Waals surface area contributed by atoms with Gasteiger partial charge in [-0.3, -0.25) is 9.59 Å². The van der Waals surface area contributed by atoms with Crippen molar-refractivity contribution in [1.29, 1.82) is 0 Å². The molecule has 2 aromatic carbocycles. The number of rotatable bonds is 8. The first-order chi connectivity index (χ1) is 16.6. The molecule has 0 unspecified atom stereocenters. The summed E-state index contributed by atoms with van der Waals surface area (Å²) in [5.41, 5.74) is 2.36. The number of ether oxygens (including phenoxy) is 1. The molecule has 0 saturated heterocycles.